The molecule has 2 rings (SSSR count). The molecule has 4 atom stereocenters. The van der Waals surface area contributed by atoms with Crippen molar-refractivity contribution >= 4 is 42.6 Å². The summed E-state index contributed by atoms with van der Waals surface area (Å²) in [5, 5.41) is 101. The van der Waals surface area contributed by atoms with Crippen LogP contribution in [0, 0.1) is 54.4 Å². The largest absolute Gasteiger partial charge is 0.449 e. The van der Waals surface area contributed by atoms with Crippen LogP contribution in [0.25, 0.3) is 0 Å². The minimum atomic E-state index is -1.13. The Morgan fingerprint density at radius 3 is 1.14 bits per heavy atom. The van der Waals surface area contributed by atoms with Crippen molar-refractivity contribution in [1.29, 1.82) is 0 Å². The maximum Gasteiger partial charge on any atom is 0.411 e. The fraction of sp³-hybridized carbons (Fsp3) is 0.617. The fourth-order valence-electron chi connectivity index (χ4n) is 5.65. The maximum atomic E-state index is 12.6. The molecule has 406 valence electrons. The Morgan fingerprint density at radius 2 is 0.843 bits per heavy atom. The lowest BCUT2D eigenvalue weighted by molar-refractivity contribution is -0.106. The van der Waals surface area contributed by atoms with E-state index in [4.69, 9.17) is 50.4 Å². The average molecular weight is 1010 g/mol. The molecular weight excluding hydrogens is 921 g/mol. The number of amides is 4. The molecule has 23 heteroatoms. The van der Waals surface area contributed by atoms with Gasteiger partial charge in [0, 0.05) is 54.4 Å². The molecular formula is C47H86N6O17. The van der Waals surface area contributed by atoms with Gasteiger partial charge in [0.1, 0.15) is 6.61 Å². The van der Waals surface area contributed by atoms with Gasteiger partial charge in [-0.2, -0.15) is 0 Å². The van der Waals surface area contributed by atoms with Crippen molar-refractivity contribution in [2.75, 3.05) is 91.8 Å². The van der Waals surface area contributed by atoms with E-state index in [9.17, 15) is 34.2 Å². The minimum absolute atomic E-state index is 0.0302. The van der Waals surface area contributed by atoms with Gasteiger partial charge in [-0.05, 0) is 102 Å². The number of nitrogens with one attached hydrogen (secondary N) is 5. The molecule has 0 saturated heterocycles. The first-order chi connectivity index (χ1) is 33.1. The van der Waals surface area contributed by atoms with Crippen molar-refractivity contribution in [3.63, 3.8) is 0 Å². The van der Waals surface area contributed by atoms with Gasteiger partial charge < -0.3 is 82.8 Å². The predicted octanol–water partition coefficient (Wildman–Crippen LogP) is -1.26. The van der Waals surface area contributed by atoms with Crippen LogP contribution in [-0.4, -0.2) is 199 Å². The quantitative estimate of drug-likeness (QED) is 0.0649. The Morgan fingerprint density at radius 1 is 0.514 bits per heavy atom. The number of nitrogens with two attached hydrogens (primary N) is 1. The fourth-order valence-corrected chi connectivity index (χ4v) is 5.65. The van der Waals surface area contributed by atoms with Crippen LogP contribution in [0.4, 0.5) is 10.5 Å². The summed E-state index contributed by atoms with van der Waals surface area (Å²) in [7, 11) is 3.44. The van der Waals surface area contributed by atoms with Gasteiger partial charge in [-0.15, -0.1) is 0 Å². The number of aldehydes is 2. The van der Waals surface area contributed by atoms with Gasteiger partial charge >= 0.3 is 6.09 Å². The van der Waals surface area contributed by atoms with Crippen LogP contribution >= 0.6 is 0 Å². The topological polar surface area (TPSA) is 400 Å². The van der Waals surface area contributed by atoms with E-state index in [0.29, 0.717) is 52.8 Å². The standard InChI is InChI=1S/C19H28N2O8.C15H21NO4.2C4H11NO2.2C2H6.CH3NO/c1-10-15(8-25)11(2)17(21-19(28)29-9-13(5-22)6-23)12(3)16(10)18(27)20-4-14(26)7-24;1-8-9(2)13(7-18)11(4)14(10(8)3)15(20)16-5-12(19)6-17;2*1-5-2-4(7)3-6;2*1-2;2-1-3/h8,13-14,22-24,26H,4-7,9H2,1-3H3,(H,20,27)(H,21,28);7,12,17,19H,5-6H2,1-4H3,(H,16,20);2*4-7H,2-3H2,1H3;2*1-2H3;1H,(H2,2,3). The molecule has 0 radical (unpaired) electrons. The Hall–Kier alpha value is -5.02. The van der Waals surface area contributed by atoms with Gasteiger partial charge in [0.05, 0.1) is 69.7 Å². The summed E-state index contributed by atoms with van der Waals surface area (Å²) in [5.41, 5.74) is 10.2. The molecule has 0 saturated carbocycles. The molecule has 0 spiro atoms. The minimum Gasteiger partial charge on any atom is -0.449 e. The lowest BCUT2D eigenvalue weighted by atomic mass is 9.89. The maximum absolute atomic E-state index is 12.6. The van der Waals surface area contributed by atoms with Gasteiger partial charge in [0.15, 0.2) is 12.6 Å². The highest BCUT2D eigenvalue weighted by Gasteiger charge is 2.24. The van der Waals surface area contributed by atoms with E-state index in [1.807, 2.05) is 48.5 Å². The lowest BCUT2D eigenvalue weighted by Crippen LogP contribution is -2.35. The number of aliphatic hydroxyl groups is 10. The van der Waals surface area contributed by atoms with Crippen molar-refractivity contribution in [2.24, 2.45) is 11.7 Å². The summed E-state index contributed by atoms with van der Waals surface area (Å²) >= 11 is 0. The number of likely N-dealkylation sites (N-methyl/N-ethyl adjacent to an activating group) is 2. The number of carbonyl (C=O) groups excluding carboxylic acids is 6. The molecule has 4 unspecified atom stereocenters. The Labute approximate surface area is 412 Å². The monoisotopic (exact) mass is 1010 g/mol. The number of primary amides is 1. The van der Waals surface area contributed by atoms with Gasteiger partial charge in [-0.3, -0.25) is 29.3 Å². The number of rotatable bonds is 21. The summed E-state index contributed by atoms with van der Waals surface area (Å²) in [6.45, 7) is 18.6. The van der Waals surface area contributed by atoms with E-state index in [1.54, 1.807) is 41.8 Å². The van der Waals surface area contributed by atoms with E-state index < -0.39 is 55.5 Å². The number of benzene rings is 2. The van der Waals surface area contributed by atoms with Crippen molar-refractivity contribution in [3.05, 3.63) is 61.2 Å². The zero-order valence-electron chi connectivity index (χ0n) is 43.3. The smallest absolute Gasteiger partial charge is 0.411 e. The highest BCUT2D eigenvalue weighted by atomic mass is 16.5. The molecule has 2 aromatic rings. The molecule has 0 bridgehead atoms. The summed E-state index contributed by atoms with van der Waals surface area (Å²) in [5.74, 6) is -1.54. The zero-order chi connectivity index (χ0) is 55.7. The van der Waals surface area contributed by atoms with E-state index >= 15 is 0 Å². The van der Waals surface area contributed by atoms with Crippen LogP contribution < -0.4 is 32.3 Å². The van der Waals surface area contributed by atoms with E-state index in [-0.39, 0.29) is 75.3 Å². The number of ether oxygens (including phenoxy) is 1. The van der Waals surface area contributed by atoms with Gasteiger partial charge in [0.2, 0.25) is 6.41 Å². The highest BCUT2D eigenvalue weighted by Crippen LogP contribution is 2.31. The molecule has 0 aliphatic carbocycles. The van der Waals surface area contributed by atoms with E-state index in [1.165, 1.54) is 0 Å². The third-order valence-corrected chi connectivity index (χ3v) is 9.59. The highest BCUT2D eigenvalue weighted by molar-refractivity contribution is 6.04. The van der Waals surface area contributed by atoms with Crippen LogP contribution in [0.5, 0.6) is 0 Å². The first-order valence-corrected chi connectivity index (χ1v) is 22.6. The number of hydrogen-bond donors (Lipinski definition) is 16. The molecule has 70 heavy (non-hydrogen) atoms. The molecule has 0 aromatic heterocycles. The van der Waals surface area contributed by atoms with Crippen molar-refractivity contribution in [2.45, 2.75) is 101 Å². The van der Waals surface area contributed by atoms with Crippen molar-refractivity contribution in [1.82, 2.24) is 21.3 Å². The van der Waals surface area contributed by atoms with Crippen LogP contribution in [0.15, 0.2) is 0 Å². The SMILES string of the molecule is CC.CC.CNCC(O)CO.CNCC(O)CO.Cc1c(C)c(C=O)c(C)c(C(=O)NCC(O)CO)c1C.Cc1c(C=O)c(C)c(C(=O)NCC(O)CO)c(C)c1NC(=O)OCC(CO)CO.NC=O. The third-order valence-electron chi connectivity index (χ3n) is 9.59. The van der Waals surface area contributed by atoms with Crippen LogP contribution in [-0.2, 0) is 9.53 Å². The van der Waals surface area contributed by atoms with Gasteiger partial charge in [-0.25, -0.2) is 4.79 Å². The first-order valence-electron chi connectivity index (χ1n) is 22.6. The van der Waals surface area contributed by atoms with E-state index in [2.05, 4.69) is 32.3 Å². The number of carbonyl (C=O) groups is 6. The number of anilines is 1. The lowest BCUT2D eigenvalue weighted by Gasteiger charge is -2.21. The number of hydrogen-bond acceptors (Lipinski definition) is 19. The molecule has 0 fully saturated rings. The average Bonchev–Trinajstić information content (AvgIpc) is 3.35. The molecule has 17 N–H and O–H groups in total. The summed E-state index contributed by atoms with van der Waals surface area (Å²) in [4.78, 5) is 68.3. The van der Waals surface area contributed by atoms with Gasteiger partial charge in [-0.1, -0.05) is 27.7 Å². The second-order valence-corrected chi connectivity index (χ2v) is 14.5. The second kappa shape index (κ2) is 45.1. The van der Waals surface area contributed by atoms with Crippen molar-refractivity contribution in [3.8, 4) is 0 Å². The first kappa shape index (κ1) is 73.9. The van der Waals surface area contributed by atoms with Gasteiger partial charge in [0.25, 0.3) is 11.8 Å². The Bertz CT molecular complexity index is 1770. The molecule has 4 amide bonds. The van der Waals surface area contributed by atoms with Crippen LogP contribution in [0.2, 0.25) is 0 Å². The predicted molar refractivity (Wildman–Crippen MR) is 267 cm³/mol. The second-order valence-electron chi connectivity index (χ2n) is 14.5. The summed E-state index contributed by atoms with van der Waals surface area (Å²) in [6.07, 6.45) is -2.61. The van der Waals surface area contributed by atoms with E-state index in [0.717, 1.165) is 23.0 Å². The normalized spacial score (nSPS) is 11.5. The number of aliphatic hydroxyl groups excluding tert-OH is 10. The molecule has 0 aliphatic heterocycles. The van der Waals surface area contributed by atoms with Crippen molar-refractivity contribution < 1.29 is 84.6 Å². The molecule has 23 nitrogen and oxygen atoms in total. The molecule has 0 heterocycles. The Kier molecular flexibility index (Phi) is 47.7. The summed E-state index contributed by atoms with van der Waals surface area (Å²) in [6, 6.07) is 0. The third kappa shape index (κ3) is 28.6. The van der Waals surface area contributed by atoms with Crippen LogP contribution in [0.3, 0.4) is 0 Å². The molecule has 0 aliphatic rings. The summed E-state index contributed by atoms with van der Waals surface area (Å²) < 4.78 is 4.98. The Balaban J connectivity index is -0.000000294. The zero-order valence-corrected chi connectivity index (χ0v) is 43.3. The molecule has 2 aromatic carbocycles. The van der Waals surface area contributed by atoms with Crippen LogP contribution in [0.1, 0.15) is 108 Å².